The van der Waals surface area contributed by atoms with Crippen molar-refractivity contribution in [2.24, 2.45) is 4.99 Å². The van der Waals surface area contributed by atoms with Crippen LogP contribution in [0.3, 0.4) is 0 Å². The van der Waals surface area contributed by atoms with Crippen molar-refractivity contribution in [2.75, 3.05) is 32.6 Å². The average Bonchev–Trinajstić information content (AvgIpc) is 2.99. The number of nitrogens with one attached hydrogen (secondary N) is 2. The Morgan fingerprint density at radius 3 is 2.65 bits per heavy atom. The Balaban J connectivity index is 1.92. The summed E-state index contributed by atoms with van der Waals surface area (Å²) in [7, 11) is 0. The number of hydrogen-bond donors (Lipinski definition) is 2. The zero-order chi connectivity index (χ0) is 14.3. The smallest absolute Gasteiger partial charge is 0.191 e. The van der Waals surface area contributed by atoms with Crippen molar-refractivity contribution in [2.45, 2.75) is 43.4 Å². The Bertz CT molecular complexity index is 343. The van der Waals surface area contributed by atoms with Crippen LogP contribution in [0.25, 0.3) is 0 Å². The molecule has 4 nitrogen and oxygen atoms in total. The summed E-state index contributed by atoms with van der Waals surface area (Å²) in [6.07, 6.45) is 11.1. The normalized spacial score (nSPS) is 23.0. The quantitative estimate of drug-likeness (QED) is 0.464. The van der Waals surface area contributed by atoms with Crippen molar-refractivity contribution >= 4 is 17.7 Å². The fourth-order valence-corrected chi connectivity index (χ4v) is 3.41. The van der Waals surface area contributed by atoms with E-state index < -0.39 is 0 Å². The van der Waals surface area contributed by atoms with Crippen molar-refractivity contribution < 1.29 is 4.74 Å². The van der Waals surface area contributed by atoms with Crippen LogP contribution in [-0.2, 0) is 4.74 Å². The standard InChI is InChI=1S/C15H27N3OS/c1-3-16-14(18-13-6-4-5-7-13)17-12-15(20-2)8-10-19-11-9-15/h4-5,13H,3,6-12H2,1-2H3,(H2,16,17,18). The molecule has 0 aromatic rings. The average molecular weight is 297 g/mol. The third-order valence-electron chi connectivity index (χ3n) is 4.06. The van der Waals surface area contributed by atoms with E-state index in [-0.39, 0.29) is 4.75 Å². The van der Waals surface area contributed by atoms with Crippen LogP contribution in [0.2, 0.25) is 0 Å². The highest BCUT2D eigenvalue weighted by atomic mass is 32.2. The molecule has 0 atom stereocenters. The maximum absolute atomic E-state index is 5.49. The van der Waals surface area contributed by atoms with Gasteiger partial charge in [-0.3, -0.25) is 4.99 Å². The van der Waals surface area contributed by atoms with Crippen molar-refractivity contribution in [1.82, 2.24) is 10.6 Å². The number of ether oxygens (including phenoxy) is 1. The summed E-state index contributed by atoms with van der Waals surface area (Å²) in [4.78, 5) is 4.83. The van der Waals surface area contributed by atoms with Gasteiger partial charge in [-0.2, -0.15) is 11.8 Å². The molecule has 1 heterocycles. The predicted octanol–water partition coefficient (Wildman–Crippen LogP) is 2.17. The minimum absolute atomic E-state index is 0.258. The molecule has 0 radical (unpaired) electrons. The van der Waals surface area contributed by atoms with Gasteiger partial charge in [0.2, 0.25) is 0 Å². The van der Waals surface area contributed by atoms with Gasteiger partial charge in [-0.1, -0.05) is 12.2 Å². The first-order chi connectivity index (χ1) is 9.78. The molecule has 2 aliphatic rings. The Hall–Kier alpha value is -0.680. The van der Waals surface area contributed by atoms with Crippen LogP contribution in [0, 0.1) is 0 Å². The van der Waals surface area contributed by atoms with Crippen LogP contribution in [-0.4, -0.2) is 49.3 Å². The highest BCUT2D eigenvalue weighted by Crippen LogP contribution is 2.33. The maximum Gasteiger partial charge on any atom is 0.191 e. The molecule has 0 unspecified atom stereocenters. The second kappa shape index (κ2) is 7.93. The first-order valence-electron chi connectivity index (χ1n) is 7.61. The lowest BCUT2D eigenvalue weighted by Gasteiger charge is -2.34. The molecule has 0 amide bonds. The van der Waals surface area contributed by atoms with E-state index in [1.807, 2.05) is 11.8 Å². The third kappa shape index (κ3) is 4.42. The van der Waals surface area contributed by atoms with Gasteiger partial charge in [0.15, 0.2) is 5.96 Å². The Kier molecular flexibility index (Phi) is 6.23. The van der Waals surface area contributed by atoms with E-state index in [0.717, 1.165) is 57.9 Å². The highest BCUT2D eigenvalue weighted by molar-refractivity contribution is 8.00. The van der Waals surface area contributed by atoms with Gasteiger partial charge in [-0.15, -0.1) is 0 Å². The van der Waals surface area contributed by atoms with Gasteiger partial charge < -0.3 is 15.4 Å². The minimum atomic E-state index is 0.258. The fourth-order valence-electron chi connectivity index (χ4n) is 2.64. The molecule has 1 fully saturated rings. The summed E-state index contributed by atoms with van der Waals surface area (Å²) >= 11 is 1.94. The number of hydrogen-bond acceptors (Lipinski definition) is 3. The van der Waals surface area contributed by atoms with E-state index in [1.54, 1.807) is 0 Å². The second-order valence-corrected chi connectivity index (χ2v) is 6.75. The minimum Gasteiger partial charge on any atom is -0.381 e. The van der Waals surface area contributed by atoms with Gasteiger partial charge in [0.1, 0.15) is 0 Å². The summed E-state index contributed by atoms with van der Waals surface area (Å²) < 4.78 is 5.75. The van der Waals surface area contributed by atoms with Crippen LogP contribution in [0.15, 0.2) is 17.1 Å². The van der Waals surface area contributed by atoms with Gasteiger partial charge in [0, 0.05) is 30.5 Å². The van der Waals surface area contributed by atoms with Crippen LogP contribution < -0.4 is 10.6 Å². The van der Waals surface area contributed by atoms with Crippen molar-refractivity contribution in [3.63, 3.8) is 0 Å². The SMILES string of the molecule is CCNC(=NCC1(SC)CCOCC1)NC1CC=CC1. The second-order valence-electron chi connectivity index (χ2n) is 5.48. The predicted molar refractivity (Wildman–Crippen MR) is 87.6 cm³/mol. The van der Waals surface area contributed by atoms with Crippen LogP contribution in [0.5, 0.6) is 0 Å². The van der Waals surface area contributed by atoms with Gasteiger partial charge in [0.25, 0.3) is 0 Å². The maximum atomic E-state index is 5.49. The molecule has 114 valence electrons. The topological polar surface area (TPSA) is 45.7 Å². The number of thioether (sulfide) groups is 1. The molecule has 0 bridgehead atoms. The van der Waals surface area contributed by atoms with Gasteiger partial charge >= 0.3 is 0 Å². The van der Waals surface area contributed by atoms with Gasteiger partial charge in [0.05, 0.1) is 6.54 Å². The third-order valence-corrected chi connectivity index (χ3v) is 5.46. The van der Waals surface area contributed by atoms with Gasteiger partial charge in [-0.05, 0) is 38.9 Å². The molecule has 1 aliphatic heterocycles. The molecular weight excluding hydrogens is 270 g/mol. The molecular formula is C15H27N3OS. The summed E-state index contributed by atoms with van der Waals surface area (Å²) in [5.74, 6) is 0.959. The summed E-state index contributed by atoms with van der Waals surface area (Å²) in [5, 5.41) is 6.89. The summed E-state index contributed by atoms with van der Waals surface area (Å²) in [5.41, 5.74) is 0. The monoisotopic (exact) mass is 297 g/mol. The molecule has 0 spiro atoms. The summed E-state index contributed by atoms with van der Waals surface area (Å²) in [6, 6.07) is 0.507. The van der Waals surface area contributed by atoms with Gasteiger partial charge in [-0.25, -0.2) is 0 Å². The van der Waals surface area contributed by atoms with Crippen molar-refractivity contribution in [1.29, 1.82) is 0 Å². The first-order valence-corrected chi connectivity index (χ1v) is 8.83. The highest BCUT2D eigenvalue weighted by Gasteiger charge is 2.31. The van der Waals surface area contributed by atoms with Crippen LogP contribution >= 0.6 is 11.8 Å². The summed E-state index contributed by atoms with van der Waals surface area (Å²) in [6.45, 7) is 5.62. The Morgan fingerprint density at radius 2 is 2.05 bits per heavy atom. The lowest BCUT2D eigenvalue weighted by Crippen LogP contribution is -2.44. The zero-order valence-electron chi connectivity index (χ0n) is 12.7. The first kappa shape index (κ1) is 15.7. The molecule has 0 aromatic carbocycles. The van der Waals surface area contributed by atoms with Crippen LogP contribution in [0.4, 0.5) is 0 Å². The molecule has 0 saturated carbocycles. The molecule has 2 N–H and O–H groups in total. The largest absolute Gasteiger partial charge is 0.381 e. The van der Waals surface area contributed by atoms with E-state index in [0.29, 0.717) is 6.04 Å². The number of rotatable bonds is 5. The Labute approximate surface area is 126 Å². The van der Waals surface area contributed by atoms with E-state index in [4.69, 9.17) is 9.73 Å². The van der Waals surface area contributed by atoms with Crippen molar-refractivity contribution in [3.8, 4) is 0 Å². The number of nitrogens with zero attached hydrogens (tertiary/aromatic N) is 1. The molecule has 0 aromatic heterocycles. The lowest BCUT2D eigenvalue weighted by atomic mass is 9.99. The zero-order valence-corrected chi connectivity index (χ0v) is 13.5. The Morgan fingerprint density at radius 1 is 1.35 bits per heavy atom. The van der Waals surface area contributed by atoms with E-state index in [1.165, 1.54) is 0 Å². The molecule has 1 saturated heterocycles. The van der Waals surface area contributed by atoms with Crippen LogP contribution in [0.1, 0.15) is 32.6 Å². The molecule has 2 rings (SSSR count). The lowest BCUT2D eigenvalue weighted by molar-refractivity contribution is 0.0794. The fraction of sp³-hybridized carbons (Fsp3) is 0.800. The number of aliphatic imine (C=N–C) groups is 1. The molecule has 5 heteroatoms. The number of guanidine groups is 1. The van der Waals surface area contributed by atoms with Crippen molar-refractivity contribution in [3.05, 3.63) is 12.2 Å². The molecule has 1 aliphatic carbocycles. The molecule has 20 heavy (non-hydrogen) atoms. The van der Waals surface area contributed by atoms with E-state index in [9.17, 15) is 0 Å². The van der Waals surface area contributed by atoms with E-state index >= 15 is 0 Å². The van der Waals surface area contributed by atoms with E-state index in [2.05, 4.69) is 36.0 Å².